The molecule has 1 aliphatic rings. The molecule has 1 saturated carbocycles. The molecule has 0 saturated heterocycles. The van der Waals surface area contributed by atoms with Crippen molar-refractivity contribution in [1.82, 2.24) is 14.5 Å². The van der Waals surface area contributed by atoms with Crippen LogP contribution in [0.25, 0.3) is 11.0 Å². The van der Waals surface area contributed by atoms with Gasteiger partial charge < -0.3 is 4.57 Å². The molecule has 2 aromatic heterocycles. The molecule has 1 aliphatic carbocycles. The van der Waals surface area contributed by atoms with E-state index in [-0.39, 0.29) is 5.78 Å². The molecule has 4 heteroatoms. The Balaban J connectivity index is 1.97. The van der Waals surface area contributed by atoms with E-state index in [1.807, 2.05) is 13.0 Å². The molecule has 0 N–H and O–H groups in total. The zero-order valence-electron chi connectivity index (χ0n) is 12.2. The molecule has 3 rings (SSSR count). The van der Waals surface area contributed by atoms with Gasteiger partial charge in [-0.25, -0.2) is 4.98 Å². The first-order chi connectivity index (χ1) is 9.65. The maximum atomic E-state index is 11.5. The zero-order chi connectivity index (χ0) is 14.1. The smallest absolute Gasteiger partial charge is 0.178 e. The molecule has 20 heavy (non-hydrogen) atoms. The number of rotatable bonds is 3. The molecule has 2 heterocycles. The molecule has 0 spiro atoms. The van der Waals surface area contributed by atoms with Gasteiger partial charge in [0.25, 0.3) is 0 Å². The number of ketones is 1. The molecular weight excluding hydrogens is 250 g/mol. The molecule has 4 nitrogen and oxygen atoms in total. The van der Waals surface area contributed by atoms with Crippen LogP contribution in [0.4, 0.5) is 0 Å². The molecular formula is C16H21N3O. The van der Waals surface area contributed by atoms with Gasteiger partial charge in [-0.3, -0.25) is 9.78 Å². The van der Waals surface area contributed by atoms with Crippen molar-refractivity contribution in [3.63, 3.8) is 0 Å². The third-order valence-electron chi connectivity index (χ3n) is 4.35. The Hall–Kier alpha value is -1.71. The first-order valence-electron chi connectivity index (χ1n) is 7.49. The summed E-state index contributed by atoms with van der Waals surface area (Å²) in [6.45, 7) is 4.61. The second-order valence-corrected chi connectivity index (χ2v) is 5.89. The minimum atomic E-state index is 0.00923. The van der Waals surface area contributed by atoms with Crippen molar-refractivity contribution in [1.29, 1.82) is 0 Å². The number of pyridine rings is 1. The molecule has 0 radical (unpaired) electrons. The number of aromatic nitrogens is 3. The molecule has 0 atom stereocenters. The van der Waals surface area contributed by atoms with E-state index in [0.717, 1.165) is 29.3 Å². The van der Waals surface area contributed by atoms with E-state index in [1.54, 1.807) is 13.1 Å². The number of carbonyl (C=O) groups excluding carboxylic acids is 1. The lowest BCUT2D eigenvalue weighted by atomic mass is 9.89. The van der Waals surface area contributed by atoms with Gasteiger partial charge in [0.1, 0.15) is 17.0 Å². The van der Waals surface area contributed by atoms with Crippen molar-refractivity contribution in [3.05, 3.63) is 23.8 Å². The van der Waals surface area contributed by atoms with Crippen molar-refractivity contribution >= 4 is 16.8 Å². The largest absolute Gasteiger partial charge is 0.328 e. The Morgan fingerprint density at radius 2 is 2.10 bits per heavy atom. The van der Waals surface area contributed by atoms with E-state index in [1.165, 1.54) is 32.1 Å². The Labute approximate surface area is 119 Å². The first kappa shape index (κ1) is 13.3. The molecule has 0 aliphatic heterocycles. The number of aryl methyl sites for hydroxylation is 1. The van der Waals surface area contributed by atoms with Crippen LogP contribution in [-0.4, -0.2) is 20.3 Å². The van der Waals surface area contributed by atoms with Gasteiger partial charge in [-0.2, -0.15) is 0 Å². The summed E-state index contributed by atoms with van der Waals surface area (Å²) in [5.41, 5.74) is 2.47. The lowest BCUT2D eigenvalue weighted by Crippen LogP contribution is -2.15. The number of imidazole rings is 1. The summed E-state index contributed by atoms with van der Waals surface area (Å²) >= 11 is 0. The van der Waals surface area contributed by atoms with E-state index in [0.29, 0.717) is 5.69 Å². The first-order valence-corrected chi connectivity index (χ1v) is 7.49. The predicted molar refractivity (Wildman–Crippen MR) is 78.8 cm³/mol. The van der Waals surface area contributed by atoms with Gasteiger partial charge in [-0.1, -0.05) is 19.3 Å². The van der Waals surface area contributed by atoms with E-state index >= 15 is 0 Å². The topological polar surface area (TPSA) is 47.8 Å². The summed E-state index contributed by atoms with van der Waals surface area (Å²) in [4.78, 5) is 20.3. The van der Waals surface area contributed by atoms with E-state index < -0.39 is 0 Å². The average molecular weight is 271 g/mol. The number of nitrogens with zero attached hydrogens (tertiary/aromatic N) is 3. The van der Waals surface area contributed by atoms with Gasteiger partial charge >= 0.3 is 0 Å². The zero-order valence-corrected chi connectivity index (χ0v) is 12.2. The minimum Gasteiger partial charge on any atom is -0.328 e. The fourth-order valence-electron chi connectivity index (χ4n) is 3.20. The van der Waals surface area contributed by atoms with Crippen LogP contribution < -0.4 is 0 Å². The maximum Gasteiger partial charge on any atom is 0.178 e. The summed E-state index contributed by atoms with van der Waals surface area (Å²) in [6, 6.07) is 1.89. The van der Waals surface area contributed by atoms with E-state index in [2.05, 4.69) is 14.5 Å². The second kappa shape index (κ2) is 5.35. The highest BCUT2D eigenvalue weighted by Gasteiger charge is 2.17. The molecule has 106 valence electrons. The SMILES string of the molecule is CC(=O)c1cc2c(cn1)nc(C)n2CC1CCCCC1. The molecule has 0 amide bonds. The Bertz CT molecular complexity index is 638. The fraction of sp³-hybridized carbons (Fsp3) is 0.562. The highest BCUT2D eigenvalue weighted by molar-refractivity contribution is 5.95. The van der Waals surface area contributed by atoms with Crippen LogP contribution in [-0.2, 0) is 6.54 Å². The van der Waals surface area contributed by atoms with E-state index in [4.69, 9.17) is 0 Å². The van der Waals surface area contributed by atoms with E-state index in [9.17, 15) is 4.79 Å². The molecule has 0 bridgehead atoms. The number of hydrogen-bond acceptors (Lipinski definition) is 3. The van der Waals surface area contributed by atoms with Crippen LogP contribution in [0.15, 0.2) is 12.3 Å². The van der Waals surface area contributed by atoms with Crippen molar-refractivity contribution in [3.8, 4) is 0 Å². The molecule has 0 aromatic carbocycles. The van der Waals surface area contributed by atoms with Crippen LogP contribution in [0, 0.1) is 12.8 Å². The lowest BCUT2D eigenvalue weighted by molar-refractivity contribution is 0.101. The van der Waals surface area contributed by atoms with Gasteiger partial charge in [0.2, 0.25) is 0 Å². The standard InChI is InChI=1S/C16H21N3O/c1-11(20)14-8-16-15(9-17-14)18-12(2)19(16)10-13-6-4-3-5-7-13/h8-9,13H,3-7,10H2,1-2H3. The summed E-state index contributed by atoms with van der Waals surface area (Å²) < 4.78 is 2.26. The lowest BCUT2D eigenvalue weighted by Gasteiger charge is -2.22. The summed E-state index contributed by atoms with van der Waals surface area (Å²) in [6.07, 6.45) is 8.40. The quantitative estimate of drug-likeness (QED) is 0.802. The number of hydrogen-bond donors (Lipinski definition) is 0. The van der Waals surface area contributed by atoms with Gasteiger partial charge in [0.15, 0.2) is 5.78 Å². The predicted octanol–water partition coefficient (Wildman–Crippen LogP) is 3.52. The van der Waals surface area contributed by atoms with Crippen LogP contribution >= 0.6 is 0 Å². The summed E-state index contributed by atoms with van der Waals surface area (Å²) in [5.74, 6) is 1.77. The van der Waals surface area contributed by atoms with Crippen LogP contribution in [0.3, 0.4) is 0 Å². The summed E-state index contributed by atoms with van der Waals surface area (Å²) in [7, 11) is 0. The average Bonchev–Trinajstić information content (AvgIpc) is 2.75. The van der Waals surface area contributed by atoms with Crippen molar-refractivity contribution < 1.29 is 4.79 Å². The van der Waals surface area contributed by atoms with Gasteiger partial charge in [-0.05, 0) is 31.7 Å². The molecule has 1 fully saturated rings. The van der Waals surface area contributed by atoms with Crippen molar-refractivity contribution in [2.75, 3.05) is 0 Å². The highest BCUT2D eigenvalue weighted by atomic mass is 16.1. The third kappa shape index (κ3) is 2.47. The molecule has 0 unspecified atom stereocenters. The normalized spacial score (nSPS) is 16.7. The number of carbonyl (C=O) groups is 1. The van der Waals surface area contributed by atoms with Gasteiger partial charge in [0.05, 0.1) is 11.7 Å². The van der Waals surface area contributed by atoms with Crippen molar-refractivity contribution in [2.24, 2.45) is 5.92 Å². The molecule has 2 aromatic rings. The van der Waals surface area contributed by atoms with Crippen molar-refractivity contribution in [2.45, 2.75) is 52.5 Å². The van der Waals surface area contributed by atoms with Gasteiger partial charge in [-0.15, -0.1) is 0 Å². The maximum absolute atomic E-state index is 11.5. The third-order valence-corrected chi connectivity index (χ3v) is 4.35. The number of Topliss-reactive ketones (excluding diaryl/α,β-unsaturated/α-hetero) is 1. The number of fused-ring (bicyclic) bond motifs is 1. The van der Waals surface area contributed by atoms with Gasteiger partial charge in [0, 0.05) is 13.5 Å². The Kier molecular flexibility index (Phi) is 3.55. The van der Waals surface area contributed by atoms with Crippen LogP contribution in [0.2, 0.25) is 0 Å². The highest BCUT2D eigenvalue weighted by Crippen LogP contribution is 2.27. The Morgan fingerprint density at radius 3 is 2.80 bits per heavy atom. The van der Waals surface area contributed by atoms with Crippen LogP contribution in [0.5, 0.6) is 0 Å². The Morgan fingerprint density at radius 1 is 1.35 bits per heavy atom. The monoisotopic (exact) mass is 271 g/mol. The second-order valence-electron chi connectivity index (χ2n) is 5.89. The fourth-order valence-corrected chi connectivity index (χ4v) is 3.20. The minimum absolute atomic E-state index is 0.00923. The summed E-state index contributed by atoms with van der Waals surface area (Å²) in [5, 5.41) is 0. The van der Waals surface area contributed by atoms with Crippen LogP contribution in [0.1, 0.15) is 55.3 Å².